The van der Waals surface area contributed by atoms with E-state index in [1.807, 2.05) is 43.3 Å². The molecule has 0 heterocycles. The maximum atomic E-state index is 12.3. The number of aryl methyl sites for hydroxylation is 1. The van der Waals surface area contributed by atoms with E-state index in [1.165, 1.54) is 0 Å². The molecule has 92 valence electrons. The van der Waals surface area contributed by atoms with Gasteiger partial charge in [0.15, 0.2) is 5.78 Å². The molecule has 0 atom stereocenters. The summed E-state index contributed by atoms with van der Waals surface area (Å²) in [5.74, 6) is 0.0682. The van der Waals surface area contributed by atoms with Crippen LogP contribution >= 0.6 is 27.5 Å². The summed E-state index contributed by atoms with van der Waals surface area (Å²) < 4.78 is 0.863. The lowest BCUT2D eigenvalue weighted by Crippen LogP contribution is -2.05. The highest BCUT2D eigenvalue weighted by molar-refractivity contribution is 9.10. The highest BCUT2D eigenvalue weighted by atomic mass is 79.9. The highest BCUT2D eigenvalue weighted by Crippen LogP contribution is 2.24. The Balaban J connectivity index is 2.28. The van der Waals surface area contributed by atoms with Gasteiger partial charge in [-0.1, -0.05) is 48.0 Å². The van der Waals surface area contributed by atoms with Crippen molar-refractivity contribution in [3.8, 4) is 0 Å². The standard InChI is InChI=1S/C15H12BrClO/c1-10-5-4-7-12(15(10)16)14(18)9-11-6-2-3-8-13(11)17/h2-8H,9H2,1H3. The maximum Gasteiger partial charge on any atom is 0.168 e. The van der Waals surface area contributed by atoms with Crippen LogP contribution in [0.1, 0.15) is 21.5 Å². The van der Waals surface area contributed by atoms with E-state index < -0.39 is 0 Å². The highest BCUT2D eigenvalue weighted by Gasteiger charge is 2.13. The van der Waals surface area contributed by atoms with Gasteiger partial charge in [-0.2, -0.15) is 0 Å². The number of rotatable bonds is 3. The molecule has 0 spiro atoms. The molecule has 0 amide bonds. The molecule has 1 nitrogen and oxygen atoms in total. The summed E-state index contributed by atoms with van der Waals surface area (Å²) in [6.45, 7) is 1.97. The number of carbonyl (C=O) groups excluding carboxylic acids is 1. The fourth-order valence-corrected chi connectivity index (χ4v) is 2.46. The summed E-state index contributed by atoms with van der Waals surface area (Å²) in [5.41, 5.74) is 2.62. The van der Waals surface area contributed by atoms with Gasteiger partial charge in [-0.3, -0.25) is 4.79 Å². The van der Waals surface area contributed by atoms with Crippen LogP contribution in [0.3, 0.4) is 0 Å². The van der Waals surface area contributed by atoms with Crippen LogP contribution in [0, 0.1) is 6.92 Å². The Morgan fingerprint density at radius 3 is 2.61 bits per heavy atom. The van der Waals surface area contributed by atoms with Crippen molar-refractivity contribution in [3.05, 3.63) is 68.7 Å². The Kier molecular flexibility index (Phi) is 4.20. The molecule has 0 unspecified atom stereocenters. The molecule has 2 rings (SSSR count). The number of benzene rings is 2. The van der Waals surface area contributed by atoms with E-state index in [0.717, 1.165) is 15.6 Å². The smallest absolute Gasteiger partial charge is 0.168 e. The third-order valence-electron chi connectivity index (χ3n) is 2.80. The molecule has 0 aliphatic heterocycles. The molecule has 3 heteroatoms. The lowest BCUT2D eigenvalue weighted by Gasteiger charge is -2.07. The third-order valence-corrected chi connectivity index (χ3v) is 4.22. The van der Waals surface area contributed by atoms with E-state index >= 15 is 0 Å². The lowest BCUT2D eigenvalue weighted by atomic mass is 10.0. The molecule has 0 N–H and O–H groups in total. The van der Waals surface area contributed by atoms with Crippen LogP contribution in [0.2, 0.25) is 5.02 Å². The van der Waals surface area contributed by atoms with Gasteiger partial charge in [0.1, 0.15) is 0 Å². The van der Waals surface area contributed by atoms with Crippen LogP contribution in [0.5, 0.6) is 0 Å². The summed E-state index contributed by atoms with van der Waals surface area (Å²) >= 11 is 9.52. The largest absolute Gasteiger partial charge is 0.294 e. The monoisotopic (exact) mass is 322 g/mol. The van der Waals surface area contributed by atoms with Gasteiger partial charge in [-0.25, -0.2) is 0 Å². The predicted molar refractivity (Wildman–Crippen MR) is 78.4 cm³/mol. The van der Waals surface area contributed by atoms with E-state index in [4.69, 9.17) is 11.6 Å². The van der Waals surface area contributed by atoms with Crippen molar-refractivity contribution < 1.29 is 4.79 Å². The zero-order valence-corrected chi connectivity index (χ0v) is 12.3. The molecule has 2 aromatic rings. The number of hydrogen-bond donors (Lipinski definition) is 0. The Morgan fingerprint density at radius 1 is 1.17 bits per heavy atom. The van der Waals surface area contributed by atoms with Crippen LogP contribution in [-0.4, -0.2) is 5.78 Å². The van der Waals surface area contributed by atoms with Crippen LogP contribution < -0.4 is 0 Å². The average molecular weight is 324 g/mol. The summed E-state index contributed by atoms with van der Waals surface area (Å²) in [4.78, 5) is 12.3. The number of ketones is 1. The second-order valence-corrected chi connectivity index (χ2v) is 5.33. The molecule has 0 bridgehead atoms. The van der Waals surface area contributed by atoms with E-state index in [-0.39, 0.29) is 5.78 Å². The van der Waals surface area contributed by atoms with Gasteiger partial charge in [0.05, 0.1) is 0 Å². The van der Waals surface area contributed by atoms with E-state index in [1.54, 1.807) is 6.07 Å². The molecular formula is C15H12BrClO. The van der Waals surface area contributed by atoms with Crippen LogP contribution in [-0.2, 0) is 6.42 Å². The number of halogens is 2. The van der Waals surface area contributed by atoms with Crippen LogP contribution in [0.4, 0.5) is 0 Å². The first-order valence-corrected chi connectivity index (χ1v) is 6.78. The molecule has 0 saturated heterocycles. The fraction of sp³-hybridized carbons (Fsp3) is 0.133. The van der Waals surface area contributed by atoms with Gasteiger partial charge < -0.3 is 0 Å². The van der Waals surface area contributed by atoms with Crippen molar-refractivity contribution in [1.29, 1.82) is 0 Å². The Bertz CT molecular complexity index is 593. The number of Topliss-reactive ketones (excluding diaryl/α,β-unsaturated/α-hetero) is 1. The second-order valence-electron chi connectivity index (χ2n) is 4.13. The Morgan fingerprint density at radius 2 is 1.89 bits per heavy atom. The molecular weight excluding hydrogens is 312 g/mol. The minimum Gasteiger partial charge on any atom is -0.294 e. The SMILES string of the molecule is Cc1cccc(C(=O)Cc2ccccc2Cl)c1Br. The fourth-order valence-electron chi connectivity index (χ4n) is 1.77. The molecule has 0 aliphatic carbocycles. The molecule has 18 heavy (non-hydrogen) atoms. The summed E-state index contributed by atoms with van der Waals surface area (Å²) in [6.07, 6.45) is 0.321. The summed E-state index contributed by atoms with van der Waals surface area (Å²) in [7, 11) is 0. The molecule has 2 aromatic carbocycles. The normalized spacial score (nSPS) is 10.4. The first kappa shape index (κ1) is 13.3. The predicted octanol–water partition coefficient (Wildman–Crippen LogP) is 4.84. The van der Waals surface area contributed by atoms with Crippen LogP contribution in [0.25, 0.3) is 0 Å². The molecule has 0 radical (unpaired) electrons. The zero-order valence-electron chi connectivity index (χ0n) is 9.91. The molecule has 0 fully saturated rings. The minimum atomic E-state index is 0.0682. The topological polar surface area (TPSA) is 17.1 Å². The first-order valence-electron chi connectivity index (χ1n) is 5.61. The van der Waals surface area contributed by atoms with Crippen molar-refractivity contribution in [2.45, 2.75) is 13.3 Å². The zero-order chi connectivity index (χ0) is 13.1. The van der Waals surface area contributed by atoms with Crippen LogP contribution in [0.15, 0.2) is 46.9 Å². The second kappa shape index (κ2) is 5.68. The van der Waals surface area contributed by atoms with Crippen molar-refractivity contribution in [2.75, 3.05) is 0 Å². The third kappa shape index (κ3) is 2.82. The molecule has 0 saturated carbocycles. The molecule has 0 aliphatic rings. The molecule has 0 aromatic heterocycles. The Hall–Kier alpha value is -1.12. The summed E-state index contributed by atoms with van der Waals surface area (Å²) in [5, 5.41) is 0.634. The van der Waals surface area contributed by atoms with Crippen molar-refractivity contribution >= 4 is 33.3 Å². The maximum absolute atomic E-state index is 12.3. The van der Waals surface area contributed by atoms with Gasteiger partial charge >= 0.3 is 0 Å². The Labute approximate surface area is 120 Å². The van der Waals surface area contributed by atoms with E-state index in [0.29, 0.717) is 17.0 Å². The van der Waals surface area contributed by atoms with E-state index in [2.05, 4.69) is 15.9 Å². The first-order chi connectivity index (χ1) is 8.59. The van der Waals surface area contributed by atoms with Gasteiger partial charge in [-0.15, -0.1) is 0 Å². The van der Waals surface area contributed by atoms with Crippen molar-refractivity contribution in [3.63, 3.8) is 0 Å². The quantitative estimate of drug-likeness (QED) is 0.739. The lowest BCUT2D eigenvalue weighted by molar-refractivity contribution is 0.0992. The van der Waals surface area contributed by atoms with Gasteiger partial charge in [0, 0.05) is 21.5 Å². The number of carbonyl (C=O) groups is 1. The summed E-state index contributed by atoms with van der Waals surface area (Å²) in [6, 6.07) is 13.1. The van der Waals surface area contributed by atoms with Gasteiger partial charge in [-0.05, 0) is 40.0 Å². The van der Waals surface area contributed by atoms with Crippen molar-refractivity contribution in [2.24, 2.45) is 0 Å². The minimum absolute atomic E-state index is 0.0682. The van der Waals surface area contributed by atoms with E-state index in [9.17, 15) is 4.79 Å². The van der Waals surface area contributed by atoms with Gasteiger partial charge in [0.25, 0.3) is 0 Å². The van der Waals surface area contributed by atoms with Crippen molar-refractivity contribution in [1.82, 2.24) is 0 Å². The average Bonchev–Trinajstić information content (AvgIpc) is 2.35. The van der Waals surface area contributed by atoms with Gasteiger partial charge in [0.2, 0.25) is 0 Å². The number of hydrogen-bond acceptors (Lipinski definition) is 1.